The Kier molecular flexibility index (Phi) is 5.43. The van der Waals surface area contributed by atoms with Gasteiger partial charge in [-0.3, -0.25) is 0 Å². The molecule has 0 spiro atoms. The van der Waals surface area contributed by atoms with Crippen molar-refractivity contribution >= 4 is 0 Å². The molecular weight excluding hydrogens is 205 g/mol. The van der Waals surface area contributed by atoms with Crippen molar-refractivity contribution < 1.29 is 9.13 Å². The summed E-state index contributed by atoms with van der Waals surface area (Å²) in [6.45, 7) is 5.56. The summed E-state index contributed by atoms with van der Waals surface area (Å²) in [5, 5.41) is 3.36. The Labute approximate surface area is 96.8 Å². The molecule has 1 atom stereocenters. The highest BCUT2D eigenvalue weighted by molar-refractivity contribution is 5.29. The standard InChI is InChI=1S/C13H20FNO/c1-4-7-15-13(9-16-3)12-8-11(14)6-5-10(12)2/h5-6,8,13,15H,4,7,9H2,1-3H3. The second-order valence-electron chi connectivity index (χ2n) is 3.96. The van der Waals surface area contributed by atoms with Gasteiger partial charge < -0.3 is 10.1 Å². The minimum Gasteiger partial charge on any atom is -0.383 e. The third kappa shape index (κ3) is 3.58. The number of benzene rings is 1. The molecule has 1 N–H and O–H groups in total. The van der Waals surface area contributed by atoms with Crippen LogP contribution < -0.4 is 5.32 Å². The van der Waals surface area contributed by atoms with Crippen molar-refractivity contribution in [2.45, 2.75) is 26.3 Å². The molecule has 0 aliphatic heterocycles. The highest BCUT2D eigenvalue weighted by Gasteiger charge is 2.13. The minimum absolute atomic E-state index is 0.0700. The molecule has 1 unspecified atom stereocenters. The fraction of sp³-hybridized carbons (Fsp3) is 0.538. The molecule has 1 rings (SSSR count). The van der Waals surface area contributed by atoms with Crippen LogP contribution in [-0.4, -0.2) is 20.3 Å². The van der Waals surface area contributed by atoms with E-state index in [0.717, 1.165) is 24.1 Å². The molecule has 0 saturated carbocycles. The predicted molar refractivity (Wildman–Crippen MR) is 64.0 cm³/mol. The Morgan fingerprint density at radius 2 is 2.19 bits per heavy atom. The lowest BCUT2D eigenvalue weighted by molar-refractivity contribution is 0.166. The van der Waals surface area contributed by atoms with Crippen molar-refractivity contribution in [1.29, 1.82) is 0 Å². The molecule has 0 saturated heterocycles. The summed E-state index contributed by atoms with van der Waals surface area (Å²) >= 11 is 0. The second kappa shape index (κ2) is 6.61. The largest absolute Gasteiger partial charge is 0.383 e. The smallest absolute Gasteiger partial charge is 0.123 e. The molecule has 2 nitrogen and oxygen atoms in total. The quantitative estimate of drug-likeness (QED) is 0.803. The van der Waals surface area contributed by atoms with Crippen LogP contribution in [-0.2, 0) is 4.74 Å². The van der Waals surface area contributed by atoms with Crippen LogP contribution in [0.3, 0.4) is 0 Å². The number of ether oxygens (including phenoxy) is 1. The van der Waals surface area contributed by atoms with Crippen molar-refractivity contribution in [2.24, 2.45) is 0 Å². The molecule has 0 fully saturated rings. The Hall–Kier alpha value is -0.930. The Balaban J connectivity index is 2.85. The number of aryl methyl sites for hydroxylation is 1. The summed E-state index contributed by atoms with van der Waals surface area (Å²) in [7, 11) is 1.66. The van der Waals surface area contributed by atoms with Gasteiger partial charge in [0.05, 0.1) is 12.6 Å². The van der Waals surface area contributed by atoms with E-state index in [9.17, 15) is 4.39 Å². The molecule has 0 radical (unpaired) electrons. The van der Waals surface area contributed by atoms with Crippen LogP contribution in [0.1, 0.15) is 30.5 Å². The van der Waals surface area contributed by atoms with Crippen LogP contribution in [0.15, 0.2) is 18.2 Å². The molecule has 0 amide bonds. The predicted octanol–water partition coefficient (Wildman–Crippen LogP) is 2.82. The van der Waals surface area contributed by atoms with Crippen molar-refractivity contribution in [3.63, 3.8) is 0 Å². The summed E-state index contributed by atoms with van der Waals surface area (Å²) in [4.78, 5) is 0. The molecular formula is C13H20FNO. The summed E-state index contributed by atoms with van der Waals surface area (Å²) in [6, 6.07) is 4.95. The zero-order chi connectivity index (χ0) is 12.0. The van der Waals surface area contributed by atoms with Crippen LogP contribution >= 0.6 is 0 Å². The van der Waals surface area contributed by atoms with Gasteiger partial charge in [0.15, 0.2) is 0 Å². The maximum absolute atomic E-state index is 13.2. The highest BCUT2D eigenvalue weighted by Crippen LogP contribution is 2.19. The molecule has 0 aliphatic carbocycles. The molecule has 0 aromatic heterocycles. The first-order chi connectivity index (χ1) is 7.69. The van der Waals surface area contributed by atoms with E-state index in [2.05, 4.69) is 12.2 Å². The van der Waals surface area contributed by atoms with Crippen LogP contribution in [0.25, 0.3) is 0 Å². The average Bonchev–Trinajstić information content (AvgIpc) is 2.28. The fourth-order valence-electron chi connectivity index (χ4n) is 1.73. The van der Waals surface area contributed by atoms with Gasteiger partial charge in [-0.1, -0.05) is 13.0 Å². The molecule has 3 heteroatoms. The van der Waals surface area contributed by atoms with Crippen LogP contribution in [0.5, 0.6) is 0 Å². The summed E-state index contributed by atoms with van der Waals surface area (Å²) in [6.07, 6.45) is 1.05. The van der Waals surface area contributed by atoms with Crippen molar-refractivity contribution in [3.8, 4) is 0 Å². The lowest BCUT2D eigenvalue weighted by Gasteiger charge is -2.20. The van der Waals surface area contributed by atoms with E-state index in [1.807, 2.05) is 6.92 Å². The third-order valence-corrected chi connectivity index (χ3v) is 2.59. The van der Waals surface area contributed by atoms with Gasteiger partial charge in [-0.15, -0.1) is 0 Å². The van der Waals surface area contributed by atoms with E-state index >= 15 is 0 Å². The van der Waals surface area contributed by atoms with Gasteiger partial charge >= 0.3 is 0 Å². The second-order valence-corrected chi connectivity index (χ2v) is 3.96. The molecule has 0 aliphatic rings. The first-order valence-electron chi connectivity index (χ1n) is 5.67. The minimum atomic E-state index is -0.194. The number of hydrogen-bond donors (Lipinski definition) is 1. The van der Waals surface area contributed by atoms with Gasteiger partial charge in [-0.05, 0) is 43.1 Å². The van der Waals surface area contributed by atoms with Crippen molar-refractivity contribution in [1.82, 2.24) is 5.32 Å². The van der Waals surface area contributed by atoms with Gasteiger partial charge in [0.1, 0.15) is 5.82 Å². The summed E-state index contributed by atoms with van der Waals surface area (Å²) in [5.41, 5.74) is 2.07. The van der Waals surface area contributed by atoms with Crippen molar-refractivity contribution in [3.05, 3.63) is 35.1 Å². The summed E-state index contributed by atoms with van der Waals surface area (Å²) < 4.78 is 18.4. The first-order valence-corrected chi connectivity index (χ1v) is 5.67. The van der Waals surface area contributed by atoms with E-state index in [4.69, 9.17) is 4.74 Å². The van der Waals surface area contributed by atoms with Gasteiger partial charge in [0, 0.05) is 7.11 Å². The maximum atomic E-state index is 13.2. The number of nitrogens with one attached hydrogen (secondary N) is 1. The molecule has 0 bridgehead atoms. The monoisotopic (exact) mass is 225 g/mol. The van der Waals surface area contributed by atoms with E-state index in [-0.39, 0.29) is 11.9 Å². The van der Waals surface area contributed by atoms with Crippen molar-refractivity contribution in [2.75, 3.05) is 20.3 Å². The average molecular weight is 225 g/mol. The van der Waals surface area contributed by atoms with Crippen LogP contribution in [0.4, 0.5) is 4.39 Å². The van der Waals surface area contributed by atoms with E-state index in [1.165, 1.54) is 6.07 Å². The Morgan fingerprint density at radius 1 is 1.44 bits per heavy atom. The maximum Gasteiger partial charge on any atom is 0.123 e. The van der Waals surface area contributed by atoms with Gasteiger partial charge in [0.25, 0.3) is 0 Å². The van der Waals surface area contributed by atoms with Gasteiger partial charge in [-0.25, -0.2) is 4.39 Å². The summed E-state index contributed by atoms with van der Waals surface area (Å²) in [5.74, 6) is -0.194. The molecule has 1 aromatic rings. The fourth-order valence-corrected chi connectivity index (χ4v) is 1.73. The van der Waals surface area contributed by atoms with E-state index < -0.39 is 0 Å². The normalized spacial score (nSPS) is 12.8. The zero-order valence-corrected chi connectivity index (χ0v) is 10.2. The number of halogens is 1. The Morgan fingerprint density at radius 3 is 2.81 bits per heavy atom. The number of methoxy groups -OCH3 is 1. The van der Waals surface area contributed by atoms with Gasteiger partial charge in [0.2, 0.25) is 0 Å². The molecule has 1 aromatic carbocycles. The van der Waals surface area contributed by atoms with E-state index in [1.54, 1.807) is 19.2 Å². The lowest BCUT2D eigenvalue weighted by atomic mass is 10.0. The number of hydrogen-bond acceptors (Lipinski definition) is 2. The molecule has 90 valence electrons. The molecule has 0 heterocycles. The zero-order valence-electron chi connectivity index (χ0n) is 10.2. The van der Waals surface area contributed by atoms with Crippen LogP contribution in [0, 0.1) is 12.7 Å². The van der Waals surface area contributed by atoms with Gasteiger partial charge in [-0.2, -0.15) is 0 Å². The van der Waals surface area contributed by atoms with Crippen LogP contribution in [0.2, 0.25) is 0 Å². The van der Waals surface area contributed by atoms with E-state index in [0.29, 0.717) is 6.61 Å². The SMILES string of the molecule is CCCNC(COC)c1cc(F)ccc1C. The highest BCUT2D eigenvalue weighted by atomic mass is 19.1. The lowest BCUT2D eigenvalue weighted by Crippen LogP contribution is -2.26. The number of rotatable bonds is 6. The topological polar surface area (TPSA) is 21.3 Å². The Bertz CT molecular complexity index is 328. The molecule has 16 heavy (non-hydrogen) atoms. The third-order valence-electron chi connectivity index (χ3n) is 2.59. The first kappa shape index (κ1) is 13.1.